The van der Waals surface area contributed by atoms with Crippen LogP contribution in [0.4, 0.5) is 4.39 Å². The summed E-state index contributed by atoms with van der Waals surface area (Å²) < 4.78 is 35.1. The van der Waals surface area contributed by atoms with Gasteiger partial charge < -0.3 is 0 Å². The topological polar surface area (TPSA) is 60.2 Å². The quantitative estimate of drug-likeness (QED) is 0.885. The van der Waals surface area contributed by atoms with Crippen molar-refractivity contribution in [2.75, 3.05) is 0 Å². The molecule has 0 saturated carbocycles. The van der Waals surface area contributed by atoms with E-state index in [0.717, 1.165) is 0 Å². The Labute approximate surface area is 98.8 Å². The van der Waals surface area contributed by atoms with Crippen LogP contribution in [0.15, 0.2) is 47.4 Å². The summed E-state index contributed by atoms with van der Waals surface area (Å²) in [6, 6.07) is 13.0. The SMILES string of the molecule is NS(=O)(=O)c1[c]c(-c2ccc(F)cc2)ccc1. The molecule has 0 aliphatic carbocycles. The Morgan fingerprint density at radius 3 is 2.29 bits per heavy atom. The number of hydrogen-bond acceptors (Lipinski definition) is 2. The Hall–Kier alpha value is -1.72. The van der Waals surface area contributed by atoms with Crippen molar-refractivity contribution in [2.24, 2.45) is 5.14 Å². The highest BCUT2D eigenvalue weighted by Crippen LogP contribution is 2.21. The Balaban J connectivity index is 2.50. The van der Waals surface area contributed by atoms with Gasteiger partial charge in [-0.2, -0.15) is 0 Å². The summed E-state index contributed by atoms with van der Waals surface area (Å²) in [5, 5.41) is 5.01. The summed E-state index contributed by atoms with van der Waals surface area (Å²) in [7, 11) is -3.77. The Morgan fingerprint density at radius 1 is 1.06 bits per heavy atom. The van der Waals surface area contributed by atoms with Crippen molar-refractivity contribution in [1.82, 2.24) is 0 Å². The van der Waals surface area contributed by atoms with E-state index >= 15 is 0 Å². The third kappa shape index (κ3) is 2.69. The second-order valence-corrected chi connectivity index (χ2v) is 5.01. The molecule has 2 aromatic carbocycles. The molecule has 0 heterocycles. The van der Waals surface area contributed by atoms with Gasteiger partial charge in [0, 0.05) is 6.07 Å². The standard InChI is InChI=1S/C12H9FNO2S/c13-11-6-4-9(5-7-11)10-2-1-3-12(8-10)17(14,15)16/h1-7H,(H2,14,15,16). The first-order valence-corrected chi connectivity index (χ1v) is 6.32. The lowest BCUT2D eigenvalue weighted by Gasteiger charge is -2.03. The van der Waals surface area contributed by atoms with E-state index < -0.39 is 10.0 Å². The zero-order chi connectivity index (χ0) is 12.5. The molecule has 0 aromatic heterocycles. The van der Waals surface area contributed by atoms with E-state index in [-0.39, 0.29) is 10.7 Å². The minimum atomic E-state index is -3.77. The van der Waals surface area contributed by atoms with Gasteiger partial charge in [-0.15, -0.1) is 0 Å². The number of benzene rings is 2. The largest absolute Gasteiger partial charge is 0.238 e. The maximum absolute atomic E-state index is 12.7. The molecule has 2 aromatic rings. The van der Waals surface area contributed by atoms with Gasteiger partial charge >= 0.3 is 0 Å². The predicted octanol–water partition coefficient (Wildman–Crippen LogP) is 1.94. The highest BCUT2D eigenvalue weighted by Gasteiger charge is 2.09. The Bertz CT molecular complexity index is 636. The highest BCUT2D eigenvalue weighted by molar-refractivity contribution is 7.89. The first-order valence-electron chi connectivity index (χ1n) is 4.78. The van der Waals surface area contributed by atoms with Crippen molar-refractivity contribution >= 4 is 10.0 Å². The molecule has 0 atom stereocenters. The molecular weight excluding hydrogens is 241 g/mol. The molecule has 0 amide bonds. The fraction of sp³-hybridized carbons (Fsp3) is 0. The fourth-order valence-corrected chi connectivity index (χ4v) is 1.93. The molecule has 0 saturated heterocycles. The molecule has 3 nitrogen and oxygen atoms in total. The summed E-state index contributed by atoms with van der Waals surface area (Å²) in [5.41, 5.74) is 1.23. The molecule has 0 unspecified atom stereocenters. The Kier molecular flexibility index (Phi) is 2.95. The molecule has 1 radical (unpaired) electrons. The van der Waals surface area contributed by atoms with E-state index in [4.69, 9.17) is 5.14 Å². The van der Waals surface area contributed by atoms with Crippen LogP contribution in [0.5, 0.6) is 0 Å². The monoisotopic (exact) mass is 250 g/mol. The number of sulfonamides is 1. The molecule has 0 aliphatic rings. The van der Waals surface area contributed by atoms with Gasteiger partial charge in [-0.05, 0) is 29.3 Å². The van der Waals surface area contributed by atoms with Crippen molar-refractivity contribution in [3.8, 4) is 11.1 Å². The van der Waals surface area contributed by atoms with Crippen molar-refractivity contribution in [3.05, 3.63) is 54.3 Å². The average Bonchev–Trinajstić information content (AvgIpc) is 2.29. The first-order chi connectivity index (χ1) is 7.97. The van der Waals surface area contributed by atoms with Crippen LogP contribution in [0.1, 0.15) is 0 Å². The van der Waals surface area contributed by atoms with Gasteiger partial charge in [-0.25, -0.2) is 17.9 Å². The number of primary sulfonamides is 1. The number of hydrogen-bond donors (Lipinski definition) is 1. The van der Waals surface area contributed by atoms with Gasteiger partial charge in [0.15, 0.2) is 0 Å². The molecular formula is C12H9FNO2S. The maximum atomic E-state index is 12.7. The number of rotatable bonds is 2. The summed E-state index contributed by atoms with van der Waals surface area (Å²) >= 11 is 0. The smallest absolute Gasteiger partial charge is 0.225 e. The van der Waals surface area contributed by atoms with E-state index in [1.54, 1.807) is 24.3 Å². The van der Waals surface area contributed by atoms with Crippen LogP contribution in [-0.2, 0) is 10.0 Å². The first kappa shape index (κ1) is 11.8. The van der Waals surface area contributed by atoms with Crippen LogP contribution in [0.2, 0.25) is 0 Å². The summed E-state index contributed by atoms with van der Waals surface area (Å²) in [6.07, 6.45) is 0. The minimum absolute atomic E-state index is 0.0840. The van der Waals surface area contributed by atoms with Gasteiger partial charge in [-0.3, -0.25) is 0 Å². The van der Waals surface area contributed by atoms with E-state index in [0.29, 0.717) is 11.1 Å². The van der Waals surface area contributed by atoms with Crippen LogP contribution in [0, 0.1) is 11.9 Å². The van der Waals surface area contributed by atoms with E-state index in [1.165, 1.54) is 18.2 Å². The zero-order valence-corrected chi connectivity index (χ0v) is 9.54. The average molecular weight is 250 g/mol. The van der Waals surface area contributed by atoms with E-state index in [9.17, 15) is 12.8 Å². The van der Waals surface area contributed by atoms with Gasteiger partial charge in [-0.1, -0.05) is 24.3 Å². The molecule has 0 aliphatic heterocycles. The van der Waals surface area contributed by atoms with Crippen LogP contribution >= 0.6 is 0 Å². The van der Waals surface area contributed by atoms with Gasteiger partial charge in [0.05, 0.1) is 4.90 Å². The fourth-order valence-electron chi connectivity index (χ4n) is 1.41. The lowest BCUT2D eigenvalue weighted by molar-refractivity contribution is 0.597. The second kappa shape index (κ2) is 4.27. The van der Waals surface area contributed by atoms with Crippen molar-refractivity contribution in [2.45, 2.75) is 4.90 Å². The van der Waals surface area contributed by atoms with Crippen LogP contribution in [0.25, 0.3) is 11.1 Å². The third-order valence-corrected chi connectivity index (χ3v) is 3.08. The second-order valence-electron chi connectivity index (χ2n) is 3.48. The molecule has 0 bridgehead atoms. The predicted molar refractivity (Wildman–Crippen MR) is 62.0 cm³/mol. The minimum Gasteiger partial charge on any atom is -0.225 e. The van der Waals surface area contributed by atoms with Gasteiger partial charge in [0.2, 0.25) is 10.0 Å². The summed E-state index contributed by atoms with van der Waals surface area (Å²) in [6.45, 7) is 0. The van der Waals surface area contributed by atoms with Crippen molar-refractivity contribution in [3.63, 3.8) is 0 Å². The van der Waals surface area contributed by atoms with Gasteiger partial charge in [0.25, 0.3) is 0 Å². The molecule has 87 valence electrons. The normalized spacial score (nSPS) is 11.4. The van der Waals surface area contributed by atoms with E-state index in [2.05, 4.69) is 6.07 Å². The van der Waals surface area contributed by atoms with Crippen LogP contribution in [0.3, 0.4) is 0 Å². The van der Waals surface area contributed by atoms with E-state index in [1.807, 2.05) is 0 Å². The lowest BCUT2D eigenvalue weighted by atomic mass is 10.1. The number of halogens is 1. The van der Waals surface area contributed by atoms with Crippen molar-refractivity contribution in [1.29, 1.82) is 0 Å². The lowest BCUT2D eigenvalue weighted by Crippen LogP contribution is -2.12. The maximum Gasteiger partial charge on any atom is 0.238 e. The zero-order valence-electron chi connectivity index (χ0n) is 8.72. The molecule has 2 N–H and O–H groups in total. The summed E-state index contributed by atoms with van der Waals surface area (Å²) in [4.78, 5) is -0.0840. The number of nitrogens with two attached hydrogens (primary N) is 1. The van der Waals surface area contributed by atoms with Gasteiger partial charge in [0.1, 0.15) is 5.82 Å². The summed E-state index contributed by atoms with van der Waals surface area (Å²) in [5.74, 6) is -0.351. The third-order valence-electron chi connectivity index (χ3n) is 2.23. The van der Waals surface area contributed by atoms with Crippen LogP contribution in [-0.4, -0.2) is 8.42 Å². The highest BCUT2D eigenvalue weighted by atomic mass is 32.2. The molecule has 5 heteroatoms. The van der Waals surface area contributed by atoms with Crippen molar-refractivity contribution < 1.29 is 12.8 Å². The molecule has 0 spiro atoms. The Morgan fingerprint density at radius 2 is 1.71 bits per heavy atom. The molecule has 17 heavy (non-hydrogen) atoms. The molecule has 0 fully saturated rings. The molecule has 2 rings (SSSR count). The van der Waals surface area contributed by atoms with Crippen LogP contribution < -0.4 is 5.14 Å².